The fraction of sp³-hybridized carbons (Fsp3) is 0.400. The topological polar surface area (TPSA) is 67.6 Å². The molecule has 1 aliphatic rings. The first-order valence-corrected chi connectivity index (χ1v) is 2.82. The van der Waals surface area contributed by atoms with Gasteiger partial charge in [0.1, 0.15) is 12.6 Å². The van der Waals surface area contributed by atoms with Gasteiger partial charge in [-0.25, -0.2) is 9.90 Å². The molecule has 1 rings (SSSR count). The molecule has 0 unspecified atom stereocenters. The highest BCUT2D eigenvalue weighted by molar-refractivity contribution is 5.87. The van der Waals surface area contributed by atoms with Gasteiger partial charge in [-0.2, -0.15) is 0 Å². The third-order valence-electron chi connectivity index (χ3n) is 1.12. The van der Waals surface area contributed by atoms with Crippen LogP contribution in [0.25, 0.3) is 0 Å². The first-order chi connectivity index (χ1) is 4.70. The number of nitrogens with zero attached hydrogens (tertiary/aromatic N) is 1. The molecule has 0 aromatic rings. The smallest absolute Gasteiger partial charge is 0.273 e. The largest absolute Gasteiger partial charge is 0.385 e. The van der Waals surface area contributed by atoms with Gasteiger partial charge in [-0.15, -0.1) is 0 Å². The molecule has 0 aromatic heterocycles. The predicted octanol–water partition coefficient (Wildman–Crippen LogP) is -1.26. The number of nitrogens with one attached hydrogen (secondary N) is 1. The Morgan fingerprint density at radius 3 is 3.30 bits per heavy atom. The zero-order valence-electron chi connectivity index (χ0n) is 5.63. The number of hydrogen-bond donors (Lipinski definition) is 2. The number of likely N-dealkylation sites (N-methyl/N-ethyl adjacent to an activating group) is 1. The third kappa shape index (κ3) is 1.38. The average molecular weight is 143 g/mol. The minimum atomic E-state index is -0.262. The highest BCUT2D eigenvalue weighted by atomic mass is 16.7. The molecule has 1 aliphatic heterocycles. The molecule has 0 spiro atoms. The summed E-state index contributed by atoms with van der Waals surface area (Å²) in [6, 6.07) is 0. The second kappa shape index (κ2) is 2.57. The maximum absolute atomic E-state index is 10.8. The minimum Gasteiger partial charge on any atom is -0.385 e. The van der Waals surface area contributed by atoms with Gasteiger partial charge >= 0.3 is 0 Å². The van der Waals surface area contributed by atoms with Gasteiger partial charge in [-0.05, 0) is 0 Å². The number of nitrogens with two attached hydrogens (primary N) is 1. The molecule has 0 saturated carbocycles. The van der Waals surface area contributed by atoms with Crippen LogP contribution in [-0.4, -0.2) is 24.7 Å². The molecule has 5 heteroatoms. The number of carbonyl (C=O) groups is 1. The van der Waals surface area contributed by atoms with E-state index in [1.54, 1.807) is 0 Å². The van der Waals surface area contributed by atoms with Crippen molar-refractivity contribution in [3.8, 4) is 0 Å². The van der Waals surface area contributed by atoms with E-state index in [0.29, 0.717) is 5.82 Å². The maximum atomic E-state index is 10.8. The summed E-state index contributed by atoms with van der Waals surface area (Å²) in [4.78, 5) is 15.7. The van der Waals surface area contributed by atoms with Crippen molar-refractivity contribution >= 4 is 5.91 Å². The first-order valence-electron chi connectivity index (χ1n) is 2.82. The molecule has 3 N–H and O–H groups in total. The van der Waals surface area contributed by atoms with Gasteiger partial charge in [0.15, 0.2) is 0 Å². The highest BCUT2D eigenvalue weighted by Gasteiger charge is 2.09. The average Bonchev–Trinajstić information content (AvgIpc) is 1.96. The van der Waals surface area contributed by atoms with Crippen LogP contribution in [-0.2, 0) is 9.63 Å². The lowest BCUT2D eigenvalue weighted by atomic mass is 10.5. The van der Waals surface area contributed by atoms with Crippen molar-refractivity contribution in [2.75, 3.05) is 13.8 Å². The number of amides is 1. The van der Waals surface area contributed by atoms with E-state index in [1.807, 2.05) is 0 Å². The van der Waals surface area contributed by atoms with E-state index >= 15 is 0 Å². The molecule has 5 nitrogen and oxygen atoms in total. The lowest BCUT2D eigenvalue weighted by Crippen LogP contribution is -2.26. The second-order valence-electron chi connectivity index (χ2n) is 1.89. The van der Waals surface area contributed by atoms with Gasteiger partial charge in [-0.1, -0.05) is 0 Å². The Hall–Kier alpha value is -1.23. The van der Waals surface area contributed by atoms with Crippen LogP contribution in [0.3, 0.4) is 0 Å². The van der Waals surface area contributed by atoms with Gasteiger partial charge in [0, 0.05) is 13.1 Å². The van der Waals surface area contributed by atoms with E-state index in [-0.39, 0.29) is 12.6 Å². The molecule has 0 aromatic carbocycles. The summed E-state index contributed by atoms with van der Waals surface area (Å²) in [5.74, 6) is 0.0665. The van der Waals surface area contributed by atoms with Crippen molar-refractivity contribution in [2.24, 2.45) is 5.73 Å². The fourth-order valence-corrected chi connectivity index (χ4v) is 0.551. The SMILES string of the molecule is CN1OCNC(N)=CC1=O. The molecule has 0 aliphatic carbocycles. The van der Waals surface area contributed by atoms with Gasteiger partial charge < -0.3 is 11.1 Å². The Labute approximate surface area is 58.4 Å². The van der Waals surface area contributed by atoms with Crippen molar-refractivity contribution in [3.63, 3.8) is 0 Å². The summed E-state index contributed by atoms with van der Waals surface area (Å²) in [5, 5.41) is 3.78. The number of carbonyl (C=O) groups excluding carboxylic acids is 1. The van der Waals surface area contributed by atoms with Crippen molar-refractivity contribution < 1.29 is 9.63 Å². The van der Waals surface area contributed by atoms with Gasteiger partial charge in [0.05, 0.1) is 0 Å². The number of hydrogen-bond acceptors (Lipinski definition) is 4. The standard InChI is InChI=1S/C5H9N3O2/c1-8-5(9)2-4(6)7-3-10-8/h2,7H,3,6H2,1H3. The summed E-state index contributed by atoms with van der Waals surface area (Å²) in [6.45, 7) is 0.227. The Kier molecular flexibility index (Phi) is 1.77. The quantitative estimate of drug-likeness (QED) is 0.444. The molecule has 0 atom stereocenters. The van der Waals surface area contributed by atoms with E-state index in [2.05, 4.69) is 5.32 Å². The Balaban J connectivity index is 2.68. The van der Waals surface area contributed by atoms with Crippen LogP contribution in [0.5, 0.6) is 0 Å². The monoisotopic (exact) mass is 143 g/mol. The molecule has 0 bridgehead atoms. The van der Waals surface area contributed by atoms with Gasteiger partial charge in [0.25, 0.3) is 5.91 Å². The lowest BCUT2D eigenvalue weighted by Gasteiger charge is -2.10. The normalized spacial score (nSPS) is 19.5. The van der Waals surface area contributed by atoms with E-state index in [0.717, 1.165) is 5.06 Å². The van der Waals surface area contributed by atoms with Crippen molar-refractivity contribution in [1.82, 2.24) is 10.4 Å². The van der Waals surface area contributed by atoms with Crippen LogP contribution in [0.2, 0.25) is 0 Å². The Morgan fingerprint density at radius 1 is 1.90 bits per heavy atom. The fourth-order valence-electron chi connectivity index (χ4n) is 0.551. The summed E-state index contributed by atoms with van der Waals surface area (Å²) in [6.07, 6.45) is 1.27. The molecular weight excluding hydrogens is 134 g/mol. The molecule has 1 heterocycles. The molecule has 0 saturated heterocycles. The van der Waals surface area contributed by atoms with Gasteiger partial charge in [0.2, 0.25) is 0 Å². The number of hydroxylamine groups is 2. The Morgan fingerprint density at radius 2 is 2.60 bits per heavy atom. The van der Waals surface area contributed by atoms with E-state index in [9.17, 15) is 4.79 Å². The predicted molar refractivity (Wildman–Crippen MR) is 34.1 cm³/mol. The van der Waals surface area contributed by atoms with Crippen molar-refractivity contribution in [1.29, 1.82) is 0 Å². The van der Waals surface area contributed by atoms with Crippen LogP contribution in [0.4, 0.5) is 0 Å². The second-order valence-corrected chi connectivity index (χ2v) is 1.89. The van der Waals surface area contributed by atoms with E-state index in [1.165, 1.54) is 13.1 Å². The summed E-state index contributed by atoms with van der Waals surface area (Å²) in [5.41, 5.74) is 5.31. The molecule has 10 heavy (non-hydrogen) atoms. The zero-order chi connectivity index (χ0) is 7.56. The van der Waals surface area contributed by atoms with Crippen LogP contribution in [0.15, 0.2) is 11.9 Å². The van der Waals surface area contributed by atoms with Crippen molar-refractivity contribution in [3.05, 3.63) is 11.9 Å². The van der Waals surface area contributed by atoms with Crippen LogP contribution in [0.1, 0.15) is 0 Å². The molecule has 0 radical (unpaired) electrons. The maximum Gasteiger partial charge on any atom is 0.273 e. The number of rotatable bonds is 0. The van der Waals surface area contributed by atoms with E-state index in [4.69, 9.17) is 10.6 Å². The van der Waals surface area contributed by atoms with Gasteiger partial charge in [-0.3, -0.25) is 4.79 Å². The molecular formula is C5H9N3O2. The molecule has 0 fully saturated rings. The first kappa shape index (κ1) is 6.88. The highest BCUT2D eigenvalue weighted by Crippen LogP contribution is 1.93. The summed E-state index contributed by atoms with van der Waals surface area (Å²) < 4.78 is 0. The minimum absolute atomic E-state index is 0.227. The van der Waals surface area contributed by atoms with Crippen molar-refractivity contribution in [2.45, 2.75) is 0 Å². The van der Waals surface area contributed by atoms with Crippen LogP contribution >= 0.6 is 0 Å². The summed E-state index contributed by atoms with van der Waals surface area (Å²) >= 11 is 0. The summed E-state index contributed by atoms with van der Waals surface area (Å²) in [7, 11) is 1.53. The molecule has 1 amide bonds. The van der Waals surface area contributed by atoms with Crippen LogP contribution in [0, 0.1) is 0 Å². The Bertz CT molecular complexity index is 178. The van der Waals surface area contributed by atoms with E-state index < -0.39 is 0 Å². The third-order valence-corrected chi connectivity index (χ3v) is 1.12. The molecule has 56 valence electrons. The zero-order valence-corrected chi connectivity index (χ0v) is 5.63. The lowest BCUT2D eigenvalue weighted by molar-refractivity contribution is -0.172. The van der Waals surface area contributed by atoms with Crippen LogP contribution < -0.4 is 11.1 Å².